The summed E-state index contributed by atoms with van der Waals surface area (Å²) in [6.07, 6.45) is 2.29. The van der Waals surface area contributed by atoms with Gasteiger partial charge in [-0.3, -0.25) is 0 Å². The van der Waals surface area contributed by atoms with E-state index in [1.807, 2.05) is 18.2 Å². The number of benzene rings is 1. The number of oxazole rings is 1. The van der Waals surface area contributed by atoms with Crippen LogP contribution in [0, 0.1) is 0 Å². The molecular formula is C14H20N4O. The molecule has 0 spiro atoms. The molecule has 3 rings (SSSR count). The van der Waals surface area contributed by atoms with Crippen molar-refractivity contribution in [1.82, 2.24) is 9.88 Å². The fourth-order valence-corrected chi connectivity index (χ4v) is 2.62. The van der Waals surface area contributed by atoms with Gasteiger partial charge in [0, 0.05) is 18.8 Å². The maximum absolute atomic E-state index is 5.81. The number of nitrogens with two attached hydrogens (primary N) is 1. The average Bonchev–Trinajstić information content (AvgIpc) is 2.81. The molecule has 0 amide bonds. The summed E-state index contributed by atoms with van der Waals surface area (Å²) in [6, 6.07) is 6.76. The minimum Gasteiger partial charge on any atom is -0.423 e. The highest BCUT2D eigenvalue weighted by Crippen LogP contribution is 2.26. The zero-order valence-electron chi connectivity index (χ0n) is 11.5. The van der Waals surface area contributed by atoms with Crippen molar-refractivity contribution >= 4 is 22.8 Å². The Bertz CT molecular complexity index is 572. The molecule has 1 aliphatic heterocycles. The van der Waals surface area contributed by atoms with Gasteiger partial charge in [-0.1, -0.05) is 0 Å². The number of hydrogen-bond donors (Lipinski definition) is 1. The predicted octanol–water partition coefficient (Wildman–Crippen LogP) is 1.94. The van der Waals surface area contributed by atoms with Gasteiger partial charge in [-0.2, -0.15) is 4.98 Å². The second-order valence-electron chi connectivity index (χ2n) is 5.37. The van der Waals surface area contributed by atoms with Crippen molar-refractivity contribution in [2.45, 2.75) is 18.9 Å². The van der Waals surface area contributed by atoms with Crippen LogP contribution in [0.4, 0.5) is 11.7 Å². The van der Waals surface area contributed by atoms with Crippen LogP contribution in [-0.4, -0.2) is 43.1 Å². The lowest BCUT2D eigenvalue weighted by Crippen LogP contribution is -2.42. The summed E-state index contributed by atoms with van der Waals surface area (Å²) in [5.74, 6) is 0. The van der Waals surface area contributed by atoms with E-state index >= 15 is 0 Å². The molecule has 0 aliphatic carbocycles. The summed E-state index contributed by atoms with van der Waals surface area (Å²) in [5, 5.41) is 0. The van der Waals surface area contributed by atoms with E-state index in [2.05, 4.69) is 28.9 Å². The Labute approximate surface area is 113 Å². The second kappa shape index (κ2) is 4.74. The molecule has 0 bridgehead atoms. The van der Waals surface area contributed by atoms with Crippen molar-refractivity contribution < 1.29 is 4.42 Å². The molecule has 2 aromatic rings. The van der Waals surface area contributed by atoms with E-state index in [-0.39, 0.29) is 0 Å². The molecule has 5 heteroatoms. The van der Waals surface area contributed by atoms with Crippen LogP contribution in [0.2, 0.25) is 0 Å². The number of nitrogen functional groups attached to an aromatic ring is 1. The Hall–Kier alpha value is -1.75. The van der Waals surface area contributed by atoms with Gasteiger partial charge in [-0.05, 0) is 51.2 Å². The highest BCUT2D eigenvalue weighted by molar-refractivity contribution is 5.78. The van der Waals surface area contributed by atoms with E-state index in [0.29, 0.717) is 17.7 Å². The number of nitrogens with zero attached hydrogens (tertiary/aromatic N) is 3. The van der Waals surface area contributed by atoms with Crippen LogP contribution in [-0.2, 0) is 0 Å². The molecule has 1 aromatic heterocycles. The Morgan fingerprint density at radius 2 is 2.11 bits per heavy atom. The molecule has 0 radical (unpaired) electrons. The molecule has 1 saturated heterocycles. The van der Waals surface area contributed by atoms with Crippen molar-refractivity contribution in [2.24, 2.45) is 0 Å². The number of hydrogen-bond acceptors (Lipinski definition) is 5. The number of aromatic nitrogens is 1. The van der Waals surface area contributed by atoms with E-state index in [4.69, 9.17) is 10.2 Å². The van der Waals surface area contributed by atoms with Crippen LogP contribution in [0.3, 0.4) is 0 Å². The standard InChI is InChI=1S/C14H20N4O/c1-17-7-5-11(6-8-17)18(2)14-16-12-9-10(15)3-4-13(12)19-14/h3-4,9,11H,5-8,15H2,1-2H3. The zero-order chi connectivity index (χ0) is 13.4. The normalized spacial score (nSPS) is 18.0. The summed E-state index contributed by atoms with van der Waals surface area (Å²) in [5.41, 5.74) is 8.11. The van der Waals surface area contributed by atoms with E-state index in [9.17, 15) is 0 Å². The molecule has 2 N–H and O–H groups in total. The Morgan fingerprint density at radius 3 is 2.84 bits per heavy atom. The highest BCUT2D eigenvalue weighted by Gasteiger charge is 2.23. The summed E-state index contributed by atoms with van der Waals surface area (Å²) >= 11 is 0. The van der Waals surface area contributed by atoms with Gasteiger partial charge in [0.15, 0.2) is 5.58 Å². The van der Waals surface area contributed by atoms with E-state index in [1.54, 1.807) is 0 Å². The number of anilines is 2. The van der Waals surface area contributed by atoms with Crippen molar-refractivity contribution in [3.05, 3.63) is 18.2 Å². The zero-order valence-corrected chi connectivity index (χ0v) is 11.5. The summed E-state index contributed by atoms with van der Waals surface area (Å²) in [7, 11) is 4.22. The first kappa shape index (κ1) is 12.3. The average molecular weight is 260 g/mol. The van der Waals surface area contributed by atoms with Gasteiger partial charge in [0.1, 0.15) is 5.52 Å². The van der Waals surface area contributed by atoms with Crippen molar-refractivity contribution in [3.8, 4) is 0 Å². The van der Waals surface area contributed by atoms with Gasteiger partial charge in [0.2, 0.25) is 0 Å². The van der Waals surface area contributed by atoms with Crippen molar-refractivity contribution in [1.29, 1.82) is 0 Å². The Balaban J connectivity index is 1.83. The first-order chi connectivity index (χ1) is 9.13. The molecule has 102 valence electrons. The molecule has 0 saturated carbocycles. The number of rotatable bonds is 2. The number of piperidine rings is 1. The first-order valence-corrected chi connectivity index (χ1v) is 6.71. The molecule has 19 heavy (non-hydrogen) atoms. The van der Waals surface area contributed by atoms with Crippen molar-refractivity contribution in [2.75, 3.05) is 37.8 Å². The van der Waals surface area contributed by atoms with E-state index < -0.39 is 0 Å². The molecule has 0 unspecified atom stereocenters. The first-order valence-electron chi connectivity index (χ1n) is 6.71. The van der Waals surface area contributed by atoms with Crippen LogP contribution in [0.5, 0.6) is 0 Å². The molecular weight excluding hydrogens is 240 g/mol. The largest absolute Gasteiger partial charge is 0.423 e. The maximum atomic E-state index is 5.81. The predicted molar refractivity (Wildman–Crippen MR) is 77.3 cm³/mol. The monoisotopic (exact) mass is 260 g/mol. The maximum Gasteiger partial charge on any atom is 0.298 e. The van der Waals surface area contributed by atoms with Crippen LogP contribution < -0.4 is 10.6 Å². The molecule has 0 atom stereocenters. The van der Waals surface area contributed by atoms with Crippen LogP contribution in [0.25, 0.3) is 11.1 Å². The van der Waals surface area contributed by atoms with E-state index in [0.717, 1.165) is 37.0 Å². The summed E-state index contributed by atoms with van der Waals surface area (Å²) < 4.78 is 5.81. The van der Waals surface area contributed by atoms with Gasteiger partial charge >= 0.3 is 0 Å². The van der Waals surface area contributed by atoms with Crippen LogP contribution >= 0.6 is 0 Å². The van der Waals surface area contributed by atoms with Gasteiger partial charge in [-0.25, -0.2) is 0 Å². The van der Waals surface area contributed by atoms with Crippen LogP contribution in [0.15, 0.2) is 22.6 Å². The second-order valence-corrected chi connectivity index (χ2v) is 5.37. The third kappa shape index (κ3) is 2.38. The molecule has 1 aliphatic rings. The smallest absolute Gasteiger partial charge is 0.298 e. The SMILES string of the molecule is CN1CCC(N(C)c2nc3cc(N)ccc3o2)CC1. The highest BCUT2D eigenvalue weighted by atomic mass is 16.4. The number of fused-ring (bicyclic) bond motifs is 1. The van der Waals surface area contributed by atoms with E-state index in [1.165, 1.54) is 0 Å². The molecule has 1 aromatic carbocycles. The third-order valence-electron chi connectivity index (χ3n) is 3.94. The van der Waals surface area contributed by atoms with Gasteiger partial charge in [0.25, 0.3) is 6.01 Å². The van der Waals surface area contributed by atoms with Gasteiger partial charge < -0.3 is 20.0 Å². The molecule has 1 fully saturated rings. The molecule has 5 nitrogen and oxygen atoms in total. The van der Waals surface area contributed by atoms with Crippen molar-refractivity contribution in [3.63, 3.8) is 0 Å². The third-order valence-corrected chi connectivity index (χ3v) is 3.94. The van der Waals surface area contributed by atoms with Gasteiger partial charge in [-0.15, -0.1) is 0 Å². The fraction of sp³-hybridized carbons (Fsp3) is 0.500. The molecule has 2 heterocycles. The number of likely N-dealkylation sites (tertiary alicyclic amines) is 1. The lowest BCUT2D eigenvalue weighted by Gasteiger charge is -2.34. The fourth-order valence-electron chi connectivity index (χ4n) is 2.62. The Morgan fingerprint density at radius 1 is 1.37 bits per heavy atom. The van der Waals surface area contributed by atoms with Crippen LogP contribution in [0.1, 0.15) is 12.8 Å². The quantitative estimate of drug-likeness (QED) is 0.836. The Kier molecular flexibility index (Phi) is 3.06. The summed E-state index contributed by atoms with van der Waals surface area (Å²) in [4.78, 5) is 9.05. The summed E-state index contributed by atoms with van der Waals surface area (Å²) in [6.45, 7) is 2.25. The minimum absolute atomic E-state index is 0.501. The lowest BCUT2D eigenvalue weighted by molar-refractivity contribution is 0.250. The topological polar surface area (TPSA) is 58.5 Å². The lowest BCUT2D eigenvalue weighted by atomic mass is 10.0. The van der Waals surface area contributed by atoms with Gasteiger partial charge in [0.05, 0.1) is 0 Å². The minimum atomic E-state index is 0.501.